The summed E-state index contributed by atoms with van der Waals surface area (Å²) in [4.78, 5) is 12.8. The number of unbranched alkanes of at least 4 members (excludes halogenated alkanes) is 27. The summed E-state index contributed by atoms with van der Waals surface area (Å²) in [6.07, 6.45) is 35.2. The molecule has 0 spiro atoms. The zero-order chi connectivity index (χ0) is 40.0. The van der Waals surface area contributed by atoms with Gasteiger partial charge in [0.2, 0.25) is 0 Å². The normalized spacial score (nSPS) is 20.7. The Balaban J connectivity index is 2.22. The molecule has 1 aliphatic rings. The number of rotatable bonds is 40. The highest BCUT2D eigenvalue weighted by molar-refractivity contribution is 5.69. The standard InChI is InChI=1S/C46H88O9/c1-3-5-7-9-11-13-15-17-18-19-20-21-22-23-25-27-29-31-33-35-42(48)54-40(39-53-46-45(51)44(50)43(49)41(37-47)55-46)38-52-36-34-32-30-28-26-24-16-14-12-10-8-6-4-2/h12,14,40-41,43-47,49-51H,3-11,13,15-39H2,1-2H3/b14-12-. The highest BCUT2D eigenvalue weighted by atomic mass is 16.7. The number of ether oxygens (including phenoxy) is 4. The number of carbonyl (C=O) groups is 1. The van der Waals surface area contributed by atoms with Gasteiger partial charge in [-0.05, 0) is 38.5 Å². The van der Waals surface area contributed by atoms with Crippen molar-refractivity contribution in [1.82, 2.24) is 0 Å². The molecule has 0 aliphatic carbocycles. The predicted molar refractivity (Wildman–Crippen MR) is 224 cm³/mol. The summed E-state index contributed by atoms with van der Waals surface area (Å²) in [5, 5.41) is 40.1. The van der Waals surface area contributed by atoms with E-state index >= 15 is 0 Å². The zero-order valence-electron chi connectivity index (χ0n) is 35.7. The molecule has 0 amide bonds. The summed E-state index contributed by atoms with van der Waals surface area (Å²) in [6, 6.07) is 0. The Labute approximate surface area is 337 Å². The Morgan fingerprint density at radius 2 is 1.00 bits per heavy atom. The van der Waals surface area contributed by atoms with Gasteiger partial charge < -0.3 is 39.4 Å². The molecule has 6 atom stereocenters. The van der Waals surface area contributed by atoms with Crippen LogP contribution in [0.15, 0.2) is 12.2 Å². The number of hydrogen-bond donors (Lipinski definition) is 4. The zero-order valence-corrected chi connectivity index (χ0v) is 35.7. The monoisotopic (exact) mass is 785 g/mol. The lowest BCUT2D eigenvalue weighted by Crippen LogP contribution is -2.59. The second kappa shape index (κ2) is 38.4. The van der Waals surface area contributed by atoms with Crippen LogP contribution in [0, 0.1) is 0 Å². The van der Waals surface area contributed by atoms with E-state index in [1.807, 2.05) is 0 Å². The molecule has 0 bridgehead atoms. The van der Waals surface area contributed by atoms with Gasteiger partial charge in [-0.25, -0.2) is 0 Å². The number of allylic oxidation sites excluding steroid dienone is 2. The molecule has 55 heavy (non-hydrogen) atoms. The van der Waals surface area contributed by atoms with Gasteiger partial charge in [0.25, 0.3) is 0 Å². The molecule has 326 valence electrons. The van der Waals surface area contributed by atoms with Gasteiger partial charge in [0.1, 0.15) is 30.5 Å². The van der Waals surface area contributed by atoms with E-state index in [0.29, 0.717) is 13.0 Å². The fourth-order valence-corrected chi connectivity index (χ4v) is 7.25. The molecular formula is C46H88O9. The van der Waals surface area contributed by atoms with Gasteiger partial charge >= 0.3 is 5.97 Å². The smallest absolute Gasteiger partial charge is 0.306 e. The van der Waals surface area contributed by atoms with Crippen molar-refractivity contribution in [3.8, 4) is 0 Å². The predicted octanol–water partition coefficient (Wildman–Crippen LogP) is 10.4. The summed E-state index contributed by atoms with van der Waals surface area (Å²) < 4.78 is 22.8. The number of aliphatic hydroxyl groups excluding tert-OH is 4. The molecule has 0 aromatic carbocycles. The lowest BCUT2D eigenvalue weighted by atomic mass is 9.99. The average Bonchev–Trinajstić information content (AvgIpc) is 3.18. The lowest BCUT2D eigenvalue weighted by molar-refractivity contribution is -0.305. The molecule has 1 heterocycles. The van der Waals surface area contributed by atoms with Crippen LogP contribution in [0.1, 0.15) is 213 Å². The first-order valence-electron chi connectivity index (χ1n) is 23.3. The van der Waals surface area contributed by atoms with E-state index < -0.39 is 43.4 Å². The van der Waals surface area contributed by atoms with Crippen LogP contribution in [-0.4, -0.2) is 89.6 Å². The van der Waals surface area contributed by atoms with Crippen molar-refractivity contribution in [2.75, 3.05) is 26.4 Å². The molecule has 1 fully saturated rings. The maximum atomic E-state index is 12.8. The highest BCUT2D eigenvalue weighted by Gasteiger charge is 2.44. The van der Waals surface area contributed by atoms with Gasteiger partial charge in [-0.1, -0.05) is 180 Å². The van der Waals surface area contributed by atoms with Gasteiger partial charge in [0.05, 0.1) is 19.8 Å². The maximum absolute atomic E-state index is 12.8. The van der Waals surface area contributed by atoms with Crippen LogP contribution in [0.25, 0.3) is 0 Å². The SMILES string of the molecule is CCCCC/C=C\CCCCCCCCOCC(COC1OC(CO)C(O)C(O)C1O)OC(=O)CCCCCCCCCCCCCCCCCCCCC. The molecule has 4 N–H and O–H groups in total. The summed E-state index contributed by atoms with van der Waals surface area (Å²) in [5.74, 6) is -0.311. The third kappa shape index (κ3) is 29.8. The summed E-state index contributed by atoms with van der Waals surface area (Å²) in [6.45, 7) is 4.56. The average molecular weight is 785 g/mol. The first kappa shape index (κ1) is 51.9. The Kier molecular flexibility index (Phi) is 36.3. The van der Waals surface area contributed by atoms with Crippen molar-refractivity contribution >= 4 is 5.97 Å². The van der Waals surface area contributed by atoms with E-state index in [1.54, 1.807) is 0 Å². The van der Waals surface area contributed by atoms with Crippen LogP contribution >= 0.6 is 0 Å². The van der Waals surface area contributed by atoms with Crippen LogP contribution in [0.4, 0.5) is 0 Å². The lowest BCUT2D eigenvalue weighted by Gasteiger charge is -2.39. The minimum atomic E-state index is -1.53. The van der Waals surface area contributed by atoms with Gasteiger partial charge in [0.15, 0.2) is 6.29 Å². The second-order valence-corrected chi connectivity index (χ2v) is 16.2. The van der Waals surface area contributed by atoms with Crippen molar-refractivity contribution in [3.05, 3.63) is 12.2 Å². The quantitative estimate of drug-likeness (QED) is 0.0272. The summed E-state index contributed by atoms with van der Waals surface area (Å²) in [7, 11) is 0. The summed E-state index contributed by atoms with van der Waals surface area (Å²) >= 11 is 0. The van der Waals surface area contributed by atoms with E-state index in [4.69, 9.17) is 18.9 Å². The van der Waals surface area contributed by atoms with Crippen molar-refractivity contribution in [2.24, 2.45) is 0 Å². The number of esters is 1. The van der Waals surface area contributed by atoms with E-state index in [2.05, 4.69) is 26.0 Å². The third-order valence-electron chi connectivity index (χ3n) is 10.9. The minimum Gasteiger partial charge on any atom is -0.457 e. The van der Waals surface area contributed by atoms with Crippen LogP contribution < -0.4 is 0 Å². The fourth-order valence-electron chi connectivity index (χ4n) is 7.25. The Hall–Kier alpha value is -1.07. The molecule has 1 aliphatic heterocycles. The highest BCUT2D eigenvalue weighted by Crippen LogP contribution is 2.23. The van der Waals surface area contributed by atoms with Crippen molar-refractivity contribution in [1.29, 1.82) is 0 Å². The Bertz CT molecular complexity index is 853. The topological polar surface area (TPSA) is 135 Å². The van der Waals surface area contributed by atoms with Crippen LogP contribution in [0.3, 0.4) is 0 Å². The Morgan fingerprint density at radius 1 is 0.564 bits per heavy atom. The first-order chi connectivity index (χ1) is 26.9. The molecule has 0 aromatic heterocycles. The number of carbonyl (C=O) groups excluding carboxylic acids is 1. The molecule has 6 unspecified atom stereocenters. The maximum Gasteiger partial charge on any atom is 0.306 e. The largest absolute Gasteiger partial charge is 0.457 e. The van der Waals surface area contributed by atoms with Crippen molar-refractivity contribution in [2.45, 2.75) is 250 Å². The van der Waals surface area contributed by atoms with Crippen LogP contribution in [-0.2, 0) is 23.7 Å². The Morgan fingerprint density at radius 3 is 1.51 bits per heavy atom. The first-order valence-corrected chi connectivity index (χ1v) is 23.3. The fraction of sp³-hybridized carbons (Fsp3) is 0.935. The molecule has 0 aromatic rings. The molecule has 9 nitrogen and oxygen atoms in total. The molecule has 0 radical (unpaired) electrons. The van der Waals surface area contributed by atoms with Gasteiger partial charge in [-0.15, -0.1) is 0 Å². The van der Waals surface area contributed by atoms with Crippen LogP contribution in [0.5, 0.6) is 0 Å². The van der Waals surface area contributed by atoms with Crippen LogP contribution in [0.2, 0.25) is 0 Å². The second-order valence-electron chi connectivity index (χ2n) is 16.2. The van der Waals surface area contributed by atoms with E-state index in [1.165, 1.54) is 161 Å². The van der Waals surface area contributed by atoms with Crippen molar-refractivity contribution < 1.29 is 44.2 Å². The number of hydrogen-bond acceptors (Lipinski definition) is 9. The number of aliphatic hydroxyl groups is 4. The third-order valence-corrected chi connectivity index (χ3v) is 10.9. The molecular weight excluding hydrogens is 696 g/mol. The molecule has 1 rings (SSSR count). The molecule has 9 heteroatoms. The van der Waals surface area contributed by atoms with E-state index in [-0.39, 0.29) is 19.2 Å². The van der Waals surface area contributed by atoms with E-state index in [0.717, 1.165) is 32.1 Å². The van der Waals surface area contributed by atoms with Crippen molar-refractivity contribution in [3.63, 3.8) is 0 Å². The van der Waals surface area contributed by atoms with Gasteiger partial charge in [0, 0.05) is 13.0 Å². The van der Waals surface area contributed by atoms with E-state index in [9.17, 15) is 25.2 Å². The molecule has 0 saturated carbocycles. The van der Waals surface area contributed by atoms with Gasteiger partial charge in [-0.2, -0.15) is 0 Å². The van der Waals surface area contributed by atoms with Gasteiger partial charge in [-0.3, -0.25) is 4.79 Å². The summed E-state index contributed by atoms with van der Waals surface area (Å²) in [5.41, 5.74) is 0. The minimum absolute atomic E-state index is 0.110. The molecule has 1 saturated heterocycles.